The van der Waals surface area contributed by atoms with Crippen molar-refractivity contribution >= 4 is 5.91 Å². The van der Waals surface area contributed by atoms with Gasteiger partial charge >= 0.3 is 0 Å². The van der Waals surface area contributed by atoms with Gasteiger partial charge in [-0.1, -0.05) is 24.6 Å². The third-order valence-corrected chi connectivity index (χ3v) is 4.49. The van der Waals surface area contributed by atoms with E-state index in [2.05, 4.69) is 5.32 Å². The van der Waals surface area contributed by atoms with Crippen LogP contribution in [0, 0.1) is 5.82 Å². The van der Waals surface area contributed by atoms with Crippen LogP contribution in [0.2, 0.25) is 0 Å². The molecular formula is C16H21FN2O. The molecule has 2 fully saturated rings. The van der Waals surface area contributed by atoms with Crippen molar-refractivity contribution in [1.82, 2.24) is 10.2 Å². The number of nitrogens with zero attached hydrogens (tertiary/aromatic N) is 1. The number of benzene rings is 1. The maximum absolute atomic E-state index is 13.8. The van der Waals surface area contributed by atoms with Crippen LogP contribution in [-0.4, -0.2) is 29.4 Å². The molecule has 0 saturated carbocycles. The fourth-order valence-corrected chi connectivity index (χ4v) is 3.41. The summed E-state index contributed by atoms with van der Waals surface area (Å²) in [6.07, 6.45) is 4.74. The highest BCUT2D eigenvalue weighted by Gasteiger charge is 2.35. The van der Waals surface area contributed by atoms with Gasteiger partial charge in [-0.15, -0.1) is 0 Å². The van der Waals surface area contributed by atoms with E-state index < -0.39 is 0 Å². The molecule has 2 unspecified atom stereocenters. The smallest absolute Gasteiger partial charge is 0.223 e. The molecule has 0 aromatic heterocycles. The van der Waals surface area contributed by atoms with Crippen LogP contribution in [0.3, 0.4) is 0 Å². The van der Waals surface area contributed by atoms with Crippen molar-refractivity contribution in [3.8, 4) is 0 Å². The van der Waals surface area contributed by atoms with E-state index in [1.54, 1.807) is 12.1 Å². The molecule has 1 amide bonds. The Labute approximate surface area is 119 Å². The Morgan fingerprint density at radius 2 is 2.10 bits per heavy atom. The molecule has 1 N–H and O–H groups in total. The summed E-state index contributed by atoms with van der Waals surface area (Å²) >= 11 is 0. The van der Waals surface area contributed by atoms with Crippen molar-refractivity contribution in [1.29, 1.82) is 0 Å². The van der Waals surface area contributed by atoms with Crippen LogP contribution in [0.1, 0.15) is 37.7 Å². The number of likely N-dealkylation sites (tertiary alicyclic amines) is 1. The molecular weight excluding hydrogens is 255 g/mol. The van der Waals surface area contributed by atoms with Crippen LogP contribution < -0.4 is 5.32 Å². The number of carbonyl (C=O) groups excluding carboxylic acids is 1. The van der Waals surface area contributed by atoms with Gasteiger partial charge in [0, 0.05) is 30.6 Å². The second-order valence-corrected chi connectivity index (χ2v) is 5.78. The summed E-state index contributed by atoms with van der Waals surface area (Å²) in [7, 11) is 0. The summed E-state index contributed by atoms with van der Waals surface area (Å²) in [5.41, 5.74) is 0.618. The molecule has 3 rings (SSSR count). The van der Waals surface area contributed by atoms with Gasteiger partial charge in [0.15, 0.2) is 0 Å². The van der Waals surface area contributed by atoms with Gasteiger partial charge in [-0.3, -0.25) is 4.79 Å². The summed E-state index contributed by atoms with van der Waals surface area (Å²) in [6.45, 7) is 1.35. The lowest BCUT2D eigenvalue weighted by molar-refractivity contribution is -0.135. The van der Waals surface area contributed by atoms with E-state index in [9.17, 15) is 9.18 Å². The van der Waals surface area contributed by atoms with Crippen LogP contribution in [0.4, 0.5) is 4.39 Å². The molecule has 4 heteroatoms. The quantitative estimate of drug-likeness (QED) is 0.900. The zero-order chi connectivity index (χ0) is 13.9. The number of amides is 1. The van der Waals surface area contributed by atoms with Gasteiger partial charge < -0.3 is 10.2 Å². The highest BCUT2D eigenvalue weighted by molar-refractivity contribution is 5.76. The highest BCUT2D eigenvalue weighted by Crippen LogP contribution is 2.26. The fraction of sp³-hybridized carbons (Fsp3) is 0.562. The molecule has 2 aliphatic rings. The van der Waals surface area contributed by atoms with E-state index in [1.165, 1.54) is 6.07 Å². The third kappa shape index (κ3) is 2.70. The zero-order valence-corrected chi connectivity index (χ0v) is 11.6. The zero-order valence-electron chi connectivity index (χ0n) is 11.6. The first-order chi connectivity index (χ1) is 9.75. The monoisotopic (exact) mass is 276 g/mol. The Hall–Kier alpha value is -1.42. The average molecular weight is 276 g/mol. The van der Waals surface area contributed by atoms with Gasteiger partial charge in [-0.05, 0) is 31.9 Å². The van der Waals surface area contributed by atoms with Crippen LogP contribution in [0.15, 0.2) is 24.3 Å². The van der Waals surface area contributed by atoms with Gasteiger partial charge in [0.1, 0.15) is 5.82 Å². The molecule has 2 saturated heterocycles. The molecule has 1 aromatic carbocycles. The van der Waals surface area contributed by atoms with Crippen LogP contribution in [0.5, 0.6) is 0 Å². The Morgan fingerprint density at radius 3 is 2.95 bits per heavy atom. The number of halogens is 1. The molecule has 3 nitrogen and oxygen atoms in total. The van der Waals surface area contributed by atoms with Gasteiger partial charge in [0.25, 0.3) is 0 Å². The van der Waals surface area contributed by atoms with Crippen LogP contribution in [0.25, 0.3) is 0 Å². The number of hydrogen-bond acceptors (Lipinski definition) is 2. The Kier molecular flexibility index (Phi) is 4.01. The molecule has 108 valence electrons. The predicted octanol–water partition coefficient (Wildman–Crippen LogP) is 2.46. The number of carbonyl (C=O) groups is 1. The first-order valence-electron chi connectivity index (χ1n) is 7.52. The standard InChI is InChI=1S/C16H21FN2O/c17-13-6-2-1-5-12(13)11-19-15-9-10-18-14(15)7-3-4-8-16(19)20/h1-2,5-6,14-15,18H,3-4,7-11H2. The van der Waals surface area contributed by atoms with Crippen molar-refractivity contribution < 1.29 is 9.18 Å². The second-order valence-electron chi connectivity index (χ2n) is 5.78. The topological polar surface area (TPSA) is 32.3 Å². The minimum absolute atomic E-state index is 0.173. The van der Waals surface area contributed by atoms with E-state index >= 15 is 0 Å². The summed E-state index contributed by atoms with van der Waals surface area (Å²) in [5.74, 6) is -0.0449. The lowest BCUT2D eigenvalue weighted by atomic mass is 9.96. The number of rotatable bonds is 2. The maximum atomic E-state index is 13.8. The minimum Gasteiger partial charge on any atom is -0.334 e. The third-order valence-electron chi connectivity index (χ3n) is 4.49. The number of hydrogen-bond donors (Lipinski definition) is 1. The van der Waals surface area contributed by atoms with Gasteiger partial charge in [-0.2, -0.15) is 0 Å². The summed E-state index contributed by atoms with van der Waals surface area (Å²) in [4.78, 5) is 14.3. The second kappa shape index (κ2) is 5.92. The predicted molar refractivity (Wildman–Crippen MR) is 75.6 cm³/mol. The molecule has 0 radical (unpaired) electrons. The first kappa shape index (κ1) is 13.6. The lowest BCUT2D eigenvalue weighted by Crippen LogP contribution is -2.47. The molecule has 0 spiro atoms. The molecule has 20 heavy (non-hydrogen) atoms. The van der Waals surface area contributed by atoms with Gasteiger partial charge in [-0.25, -0.2) is 4.39 Å². The van der Waals surface area contributed by atoms with E-state index in [0.29, 0.717) is 24.6 Å². The van der Waals surface area contributed by atoms with Crippen molar-refractivity contribution in [3.05, 3.63) is 35.6 Å². The van der Waals surface area contributed by atoms with Crippen LogP contribution >= 0.6 is 0 Å². The van der Waals surface area contributed by atoms with Crippen molar-refractivity contribution in [2.45, 2.75) is 50.7 Å². The summed E-state index contributed by atoms with van der Waals surface area (Å²) in [5, 5.41) is 3.49. The summed E-state index contributed by atoms with van der Waals surface area (Å²) in [6, 6.07) is 7.37. The largest absolute Gasteiger partial charge is 0.334 e. The normalized spacial score (nSPS) is 27.1. The fourth-order valence-electron chi connectivity index (χ4n) is 3.41. The number of fused-ring (bicyclic) bond motifs is 1. The van der Waals surface area contributed by atoms with Crippen LogP contribution in [-0.2, 0) is 11.3 Å². The Bertz CT molecular complexity index is 491. The molecule has 2 atom stereocenters. The molecule has 2 heterocycles. The highest BCUT2D eigenvalue weighted by atomic mass is 19.1. The average Bonchev–Trinajstić information content (AvgIpc) is 2.88. The lowest BCUT2D eigenvalue weighted by Gasteiger charge is -2.35. The van der Waals surface area contributed by atoms with E-state index in [1.807, 2.05) is 11.0 Å². The van der Waals surface area contributed by atoms with Crippen molar-refractivity contribution in [2.24, 2.45) is 0 Å². The maximum Gasteiger partial charge on any atom is 0.223 e. The van der Waals surface area contributed by atoms with Crippen molar-refractivity contribution in [3.63, 3.8) is 0 Å². The Morgan fingerprint density at radius 1 is 1.25 bits per heavy atom. The number of nitrogens with one attached hydrogen (secondary N) is 1. The molecule has 0 aliphatic carbocycles. The van der Waals surface area contributed by atoms with E-state index in [4.69, 9.17) is 0 Å². The molecule has 0 bridgehead atoms. The first-order valence-corrected chi connectivity index (χ1v) is 7.52. The SMILES string of the molecule is O=C1CCCCC2NCCC2N1Cc1ccccc1F. The Balaban J connectivity index is 1.83. The minimum atomic E-state index is -0.218. The van der Waals surface area contributed by atoms with Gasteiger partial charge in [0.05, 0.1) is 0 Å². The van der Waals surface area contributed by atoms with E-state index in [0.717, 1.165) is 32.2 Å². The summed E-state index contributed by atoms with van der Waals surface area (Å²) < 4.78 is 13.8. The van der Waals surface area contributed by atoms with Gasteiger partial charge in [0.2, 0.25) is 5.91 Å². The van der Waals surface area contributed by atoms with Crippen molar-refractivity contribution in [2.75, 3.05) is 6.54 Å². The molecule has 1 aromatic rings. The molecule has 2 aliphatic heterocycles. The van der Waals surface area contributed by atoms with E-state index in [-0.39, 0.29) is 17.8 Å².